The Kier molecular flexibility index (Phi) is 3.86. The van der Waals surface area contributed by atoms with E-state index in [1.165, 1.54) is 0 Å². The molecule has 10 heteroatoms. The van der Waals surface area contributed by atoms with Gasteiger partial charge in [0.05, 0.1) is 16.9 Å². The molecule has 8 nitrogen and oxygen atoms in total. The van der Waals surface area contributed by atoms with Crippen molar-refractivity contribution in [2.45, 2.75) is 6.92 Å². The summed E-state index contributed by atoms with van der Waals surface area (Å²) in [5.74, 6) is -1.36. The fourth-order valence-corrected chi connectivity index (χ4v) is 4.00. The molecule has 2 aromatic rings. The van der Waals surface area contributed by atoms with Gasteiger partial charge in [-0.1, -0.05) is 23.5 Å². The van der Waals surface area contributed by atoms with Crippen LogP contribution in [0.4, 0.5) is 5.13 Å². The average molecular weight is 352 g/mol. The highest BCUT2D eigenvalue weighted by molar-refractivity contribution is 7.92. The van der Waals surface area contributed by atoms with Crippen molar-refractivity contribution in [3.8, 4) is 0 Å². The Morgan fingerprint density at radius 2 is 1.74 bits per heavy atom. The molecule has 0 unspecified atom stereocenters. The molecule has 0 spiro atoms. The summed E-state index contributed by atoms with van der Waals surface area (Å²) >= 11 is 1.10. The van der Waals surface area contributed by atoms with Gasteiger partial charge in [-0.2, -0.15) is 0 Å². The number of fused-ring (bicyclic) bond motifs is 1. The lowest BCUT2D eigenvalue weighted by Crippen LogP contribution is -2.35. The van der Waals surface area contributed by atoms with Crippen molar-refractivity contribution in [1.82, 2.24) is 15.1 Å². The first-order valence-corrected chi connectivity index (χ1v) is 9.10. The summed E-state index contributed by atoms with van der Waals surface area (Å²) in [6.45, 7) is 1.48. The number of nitrogens with one attached hydrogen (secondary N) is 1. The number of carbonyl (C=O) groups is 2. The topological polar surface area (TPSA) is 109 Å². The highest BCUT2D eigenvalue weighted by atomic mass is 32.2. The zero-order valence-corrected chi connectivity index (χ0v) is 13.6. The number of sulfonamides is 1. The number of nitrogens with zero attached hydrogens (tertiary/aromatic N) is 3. The number of rotatable bonds is 5. The standard InChI is InChI=1S/C13H12N4O4S2/c1-8-14-15-13(22-8)16-23(20,21)7-6-17-11(18)9-4-2-3-5-10(9)12(17)19/h2-5H,6-7H2,1H3,(H,15,16). The van der Waals surface area contributed by atoms with Crippen LogP contribution in [0.3, 0.4) is 0 Å². The Morgan fingerprint density at radius 1 is 1.13 bits per heavy atom. The molecule has 1 aromatic carbocycles. The smallest absolute Gasteiger partial charge is 0.261 e. The summed E-state index contributed by atoms with van der Waals surface area (Å²) in [6, 6.07) is 6.41. The predicted molar refractivity (Wildman–Crippen MR) is 83.9 cm³/mol. The van der Waals surface area contributed by atoms with E-state index < -0.39 is 27.6 Å². The van der Waals surface area contributed by atoms with Crippen molar-refractivity contribution in [3.05, 3.63) is 40.4 Å². The largest absolute Gasteiger partial charge is 0.273 e. The van der Waals surface area contributed by atoms with Crippen LogP contribution in [0.1, 0.15) is 25.7 Å². The predicted octanol–water partition coefficient (Wildman–Crippen LogP) is 0.884. The van der Waals surface area contributed by atoms with Gasteiger partial charge in [-0.05, 0) is 19.1 Å². The van der Waals surface area contributed by atoms with E-state index in [9.17, 15) is 18.0 Å². The van der Waals surface area contributed by atoms with Crippen LogP contribution < -0.4 is 4.72 Å². The Hall–Kier alpha value is -2.33. The van der Waals surface area contributed by atoms with Crippen molar-refractivity contribution in [1.29, 1.82) is 0 Å². The number of anilines is 1. The van der Waals surface area contributed by atoms with Crippen LogP contribution in [0.5, 0.6) is 0 Å². The molecular weight excluding hydrogens is 340 g/mol. The SMILES string of the molecule is Cc1nnc(NS(=O)(=O)CCN2C(=O)c3ccccc3C2=O)s1. The molecule has 0 aliphatic carbocycles. The minimum atomic E-state index is -3.73. The fourth-order valence-electron chi connectivity index (χ4n) is 2.18. The molecule has 2 amide bonds. The van der Waals surface area contributed by atoms with E-state index >= 15 is 0 Å². The Labute approximate surface area is 136 Å². The van der Waals surface area contributed by atoms with Gasteiger partial charge in [0, 0.05) is 6.54 Å². The number of imide groups is 1. The molecular formula is C13H12N4O4S2. The van der Waals surface area contributed by atoms with Crippen molar-refractivity contribution < 1.29 is 18.0 Å². The summed E-state index contributed by atoms with van der Waals surface area (Å²) < 4.78 is 26.3. The van der Waals surface area contributed by atoms with Gasteiger partial charge in [0.25, 0.3) is 11.8 Å². The van der Waals surface area contributed by atoms with Crippen LogP contribution in [0, 0.1) is 6.92 Å². The van der Waals surface area contributed by atoms with Crippen molar-refractivity contribution >= 4 is 38.3 Å². The molecule has 0 radical (unpaired) electrons. The Bertz CT molecular complexity index is 856. The van der Waals surface area contributed by atoms with Gasteiger partial charge in [-0.15, -0.1) is 10.2 Å². The second kappa shape index (κ2) is 5.70. The second-order valence-corrected chi connectivity index (χ2v) is 7.88. The van der Waals surface area contributed by atoms with Gasteiger partial charge >= 0.3 is 0 Å². The van der Waals surface area contributed by atoms with Gasteiger partial charge in [0.15, 0.2) is 0 Å². The number of benzene rings is 1. The van der Waals surface area contributed by atoms with Crippen molar-refractivity contribution in [2.75, 3.05) is 17.0 Å². The monoisotopic (exact) mass is 352 g/mol. The van der Waals surface area contributed by atoms with E-state index in [1.54, 1.807) is 31.2 Å². The van der Waals surface area contributed by atoms with Gasteiger partial charge in [-0.3, -0.25) is 19.2 Å². The van der Waals surface area contributed by atoms with Crippen LogP contribution in [-0.4, -0.2) is 47.6 Å². The van der Waals surface area contributed by atoms with Crippen molar-refractivity contribution in [2.24, 2.45) is 0 Å². The molecule has 2 heterocycles. The van der Waals surface area contributed by atoms with E-state index in [0.29, 0.717) is 16.1 Å². The van der Waals surface area contributed by atoms with Gasteiger partial charge < -0.3 is 0 Å². The van der Waals surface area contributed by atoms with Crippen molar-refractivity contribution in [3.63, 3.8) is 0 Å². The summed E-state index contributed by atoms with van der Waals surface area (Å²) in [6.07, 6.45) is 0. The fraction of sp³-hybridized carbons (Fsp3) is 0.231. The van der Waals surface area contributed by atoms with Crippen LogP contribution in [0.25, 0.3) is 0 Å². The van der Waals surface area contributed by atoms with Crippen LogP contribution in [0.15, 0.2) is 24.3 Å². The molecule has 0 bridgehead atoms. The second-order valence-electron chi connectivity index (χ2n) is 4.85. The van der Waals surface area contributed by atoms with Crippen LogP contribution >= 0.6 is 11.3 Å². The molecule has 120 valence electrons. The molecule has 0 fully saturated rings. The third-order valence-electron chi connectivity index (χ3n) is 3.23. The maximum atomic E-state index is 12.2. The molecule has 3 rings (SSSR count). The first kappa shape index (κ1) is 15.6. The molecule has 0 saturated carbocycles. The van der Waals surface area contributed by atoms with E-state index in [1.807, 2.05) is 0 Å². The third kappa shape index (κ3) is 3.08. The molecule has 0 saturated heterocycles. The van der Waals surface area contributed by atoms with Crippen LogP contribution in [-0.2, 0) is 10.0 Å². The summed E-state index contributed by atoms with van der Waals surface area (Å²) in [5, 5.41) is 8.17. The van der Waals surface area contributed by atoms with E-state index in [0.717, 1.165) is 16.2 Å². The normalized spacial score (nSPS) is 14.2. The minimum absolute atomic E-state index is 0.157. The maximum Gasteiger partial charge on any atom is 0.261 e. The molecule has 0 atom stereocenters. The Balaban J connectivity index is 1.69. The molecule has 1 aromatic heterocycles. The van der Waals surface area contributed by atoms with E-state index in [2.05, 4.69) is 14.9 Å². The number of aryl methyl sites for hydroxylation is 1. The zero-order chi connectivity index (χ0) is 16.6. The minimum Gasteiger partial charge on any atom is -0.273 e. The number of hydrogen-bond donors (Lipinski definition) is 1. The molecule has 1 aliphatic rings. The molecule has 23 heavy (non-hydrogen) atoms. The van der Waals surface area contributed by atoms with E-state index in [-0.39, 0.29) is 11.7 Å². The summed E-state index contributed by atoms with van der Waals surface area (Å²) in [7, 11) is -3.73. The quantitative estimate of drug-likeness (QED) is 0.800. The number of carbonyl (C=O) groups excluding carboxylic acids is 2. The van der Waals surface area contributed by atoms with E-state index in [4.69, 9.17) is 0 Å². The third-order valence-corrected chi connectivity index (χ3v) is 5.34. The summed E-state index contributed by atoms with van der Waals surface area (Å²) in [4.78, 5) is 25.3. The first-order chi connectivity index (χ1) is 10.9. The number of hydrogen-bond acceptors (Lipinski definition) is 7. The maximum absolute atomic E-state index is 12.2. The Morgan fingerprint density at radius 3 is 2.26 bits per heavy atom. The molecule has 1 aliphatic heterocycles. The number of aromatic nitrogens is 2. The lowest BCUT2D eigenvalue weighted by Gasteiger charge is -2.13. The van der Waals surface area contributed by atoms with Gasteiger partial charge in [0.2, 0.25) is 15.2 Å². The van der Waals surface area contributed by atoms with Crippen LogP contribution in [0.2, 0.25) is 0 Å². The lowest BCUT2D eigenvalue weighted by atomic mass is 10.1. The average Bonchev–Trinajstić information content (AvgIpc) is 3.00. The first-order valence-electron chi connectivity index (χ1n) is 6.63. The lowest BCUT2D eigenvalue weighted by molar-refractivity contribution is 0.0664. The highest BCUT2D eigenvalue weighted by Gasteiger charge is 2.35. The van der Waals surface area contributed by atoms with Gasteiger partial charge in [0.1, 0.15) is 5.01 Å². The van der Waals surface area contributed by atoms with Gasteiger partial charge in [-0.25, -0.2) is 8.42 Å². The molecule has 1 N–H and O–H groups in total. The summed E-state index contributed by atoms with van der Waals surface area (Å²) in [5.41, 5.74) is 0.588. The zero-order valence-electron chi connectivity index (χ0n) is 12.0. The number of amides is 2. The highest BCUT2D eigenvalue weighted by Crippen LogP contribution is 2.22.